The average Bonchev–Trinajstić information content (AvgIpc) is 3.47. The fourth-order valence-corrected chi connectivity index (χ4v) is 4.33. The van der Waals surface area contributed by atoms with E-state index in [1.807, 2.05) is 23.1 Å². The first kappa shape index (κ1) is 21.5. The summed E-state index contributed by atoms with van der Waals surface area (Å²) in [6, 6.07) is 9.55. The number of hydrogen-bond donors (Lipinski definition) is 1. The quantitative estimate of drug-likeness (QED) is 0.459. The van der Waals surface area contributed by atoms with Crippen LogP contribution in [0.15, 0.2) is 61.2 Å². The monoisotopic (exact) mass is 455 g/mol. The normalized spacial score (nSPS) is 16.2. The van der Waals surface area contributed by atoms with E-state index < -0.39 is 17.8 Å². The number of benzene rings is 1. The summed E-state index contributed by atoms with van der Waals surface area (Å²) in [5.74, 6) is 0. The molecule has 0 aliphatic carbocycles. The highest BCUT2D eigenvalue weighted by atomic mass is 19.4. The molecule has 5 rings (SSSR count). The van der Waals surface area contributed by atoms with Crippen molar-refractivity contribution in [1.29, 1.82) is 0 Å². The SMILES string of the molecule is CC(On1ccc2ncc(-c3cnn(C4CCNCC4)c3)cc21)c1ccccc1C(F)(F)F. The molecule has 0 bridgehead atoms. The molecule has 1 atom stereocenters. The van der Waals surface area contributed by atoms with Gasteiger partial charge in [-0.05, 0) is 51.1 Å². The van der Waals surface area contributed by atoms with E-state index >= 15 is 0 Å². The molecule has 0 amide bonds. The van der Waals surface area contributed by atoms with Crippen molar-refractivity contribution in [2.75, 3.05) is 13.1 Å². The van der Waals surface area contributed by atoms with Crippen LogP contribution in [0.2, 0.25) is 0 Å². The van der Waals surface area contributed by atoms with Crippen LogP contribution in [-0.4, -0.2) is 32.6 Å². The van der Waals surface area contributed by atoms with Crippen molar-refractivity contribution in [3.05, 3.63) is 72.3 Å². The summed E-state index contributed by atoms with van der Waals surface area (Å²) in [4.78, 5) is 10.4. The predicted octanol–water partition coefficient (Wildman–Crippen LogP) is 5.03. The summed E-state index contributed by atoms with van der Waals surface area (Å²) in [7, 11) is 0. The second kappa shape index (κ2) is 8.55. The molecule has 1 aliphatic heterocycles. The van der Waals surface area contributed by atoms with Gasteiger partial charge in [-0.1, -0.05) is 18.2 Å². The van der Waals surface area contributed by atoms with E-state index in [4.69, 9.17) is 4.84 Å². The number of pyridine rings is 1. The standard InChI is InChI=1S/C24H24F3N5O/c1-16(20-4-2-3-5-21(20)24(25,26)27)33-32-11-8-22-23(32)12-17(13-29-22)18-14-30-31(15-18)19-6-9-28-10-7-19/h2-5,8,11-16,19,28H,6-7,9-10H2,1H3. The molecule has 172 valence electrons. The molecule has 0 radical (unpaired) electrons. The maximum atomic E-state index is 13.4. The fourth-order valence-electron chi connectivity index (χ4n) is 4.33. The van der Waals surface area contributed by atoms with E-state index in [9.17, 15) is 13.2 Å². The topological polar surface area (TPSA) is 56.9 Å². The Morgan fingerprint density at radius 3 is 2.67 bits per heavy atom. The third kappa shape index (κ3) is 4.32. The minimum Gasteiger partial charge on any atom is -0.406 e. The van der Waals surface area contributed by atoms with Crippen LogP contribution in [0.25, 0.3) is 22.2 Å². The van der Waals surface area contributed by atoms with Gasteiger partial charge in [0.1, 0.15) is 11.6 Å². The Morgan fingerprint density at radius 1 is 1.09 bits per heavy atom. The Bertz CT molecular complexity index is 1260. The molecule has 4 heterocycles. The van der Waals surface area contributed by atoms with E-state index in [1.54, 1.807) is 31.5 Å². The zero-order chi connectivity index (χ0) is 23.0. The number of nitrogens with one attached hydrogen (secondary N) is 1. The van der Waals surface area contributed by atoms with Gasteiger partial charge in [0.15, 0.2) is 0 Å². The zero-order valence-electron chi connectivity index (χ0n) is 18.1. The number of piperidine rings is 1. The predicted molar refractivity (Wildman–Crippen MR) is 119 cm³/mol. The molecule has 1 fully saturated rings. The molecule has 33 heavy (non-hydrogen) atoms. The molecular formula is C24H24F3N5O. The highest BCUT2D eigenvalue weighted by Gasteiger charge is 2.34. The lowest BCUT2D eigenvalue weighted by atomic mass is 10.0. The molecule has 6 nitrogen and oxygen atoms in total. The Balaban J connectivity index is 1.42. The van der Waals surface area contributed by atoms with Crippen LogP contribution >= 0.6 is 0 Å². The molecule has 4 aromatic rings. The summed E-state index contributed by atoms with van der Waals surface area (Å²) in [5, 5.41) is 7.90. The van der Waals surface area contributed by atoms with Gasteiger partial charge in [-0.2, -0.15) is 23.0 Å². The van der Waals surface area contributed by atoms with Crippen molar-refractivity contribution in [3.63, 3.8) is 0 Å². The Labute approximate surface area is 189 Å². The molecule has 1 aromatic carbocycles. The van der Waals surface area contributed by atoms with Crippen LogP contribution < -0.4 is 10.2 Å². The highest BCUT2D eigenvalue weighted by molar-refractivity contribution is 5.80. The molecule has 1 unspecified atom stereocenters. The summed E-state index contributed by atoms with van der Waals surface area (Å²) >= 11 is 0. The van der Waals surface area contributed by atoms with Gasteiger partial charge in [0.2, 0.25) is 0 Å². The molecule has 9 heteroatoms. The molecule has 1 N–H and O–H groups in total. The maximum Gasteiger partial charge on any atom is 0.416 e. The van der Waals surface area contributed by atoms with Crippen molar-refractivity contribution in [2.24, 2.45) is 0 Å². The lowest BCUT2D eigenvalue weighted by Crippen LogP contribution is -2.29. The first-order valence-electron chi connectivity index (χ1n) is 11.0. The van der Waals surface area contributed by atoms with Crippen molar-refractivity contribution in [1.82, 2.24) is 24.8 Å². The van der Waals surface area contributed by atoms with Crippen molar-refractivity contribution in [3.8, 4) is 11.1 Å². The molecular weight excluding hydrogens is 431 g/mol. The minimum absolute atomic E-state index is 0.0826. The fraction of sp³-hybridized carbons (Fsp3) is 0.333. The largest absolute Gasteiger partial charge is 0.416 e. The van der Waals surface area contributed by atoms with E-state index in [0.29, 0.717) is 17.1 Å². The van der Waals surface area contributed by atoms with Crippen LogP contribution in [0.3, 0.4) is 0 Å². The van der Waals surface area contributed by atoms with Crippen LogP contribution in [0.5, 0.6) is 0 Å². The van der Waals surface area contributed by atoms with Crippen LogP contribution in [-0.2, 0) is 6.18 Å². The summed E-state index contributed by atoms with van der Waals surface area (Å²) in [5.41, 5.74) is 2.57. The first-order chi connectivity index (χ1) is 15.9. The average molecular weight is 455 g/mol. The Hall–Kier alpha value is -3.33. The summed E-state index contributed by atoms with van der Waals surface area (Å²) in [6.07, 6.45) is 4.10. The second-order valence-corrected chi connectivity index (χ2v) is 8.29. The third-order valence-electron chi connectivity index (χ3n) is 6.10. The zero-order valence-corrected chi connectivity index (χ0v) is 18.1. The number of nitrogens with zero attached hydrogens (tertiary/aromatic N) is 4. The molecule has 3 aromatic heterocycles. The van der Waals surface area contributed by atoms with Crippen LogP contribution in [0.4, 0.5) is 13.2 Å². The van der Waals surface area contributed by atoms with E-state index in [0.717, 1.165) is 43.1 Å². The van der Waals surface area contributed by atoms with Gasteiger partial charge in [0.05, 0.1) is 23.3 Å². The van der Waals surface area contributed by atoms with Gasteiger partial charge < -0.3 is 10.2 Å². The van der Waals surface area contributed by atoms with E-state index in [1.165, 1.54) is 16.9 Å². The molecule has 1 saturated heterocycles. The Kier molecular flexibility index (Phi) is 5.57. The number of fused-ring (bicyclic) bond motifs is 1. The van der Waals surface area contributed by atoms with Crippen molar-refractivity contribution >= 4 is 11.0 Å². The highest BCUT2D eigenvalue weighted by Crippen LogP contribution is 2.35. The molecule has 0 spiro atoms. The molecule has 0 saturated carbocycles. The van der Waals surface area contributed by atoms with Gasteiger partial charge in [0, 0.05) is 35.3 Å². The lowest BCUT2D eigenvalue weighted by Gasteiger charge is -2.22. The minimum atomic E-state index is -4.45. The van der Waals surface area contributed by atoms with Gasteiger partial charge >= 0.3 is 6.18 Å². The van der Waals surface area contributed by atoms with Crippen LogP contribution in [0.1, 0.15) is 43.0 Å². The lowest BCUT2D eigenvalue weighted by molar-refractivity contribution is -0.139. The van der Waals surface area contributed by atoms with Crippen molar-refractivity contribution < 1.29 is 18.0 Å². The van der Waals surface area contributed by atoms with E-state index in [2.05, 4.69) is 15.4 Å². The smallest absolute Gasteiger partial charge is 0.406 e. The summed E-state index contributed by atoms with van der Waals surface area (Å²) in [6.45, 7) is 3.57. The number of aromatic nitrogens is 4. The number of hydrogen-bond acceptors (Lipinski definition) is 4. The number of halogens is 3. The summed E-state index contributed by atoms with van der Waals surface area (Å²) < 4.78 is 43.8. The van der Waals surface area contributed by atoms with Gasteiger partial charge in [-0.3, -0.25) is 9.67 Å². The Morgan fingerprint density at radius 2 is 1.88 bits per heavy atom. The van der Waals surface area contributed by atoms with Crippen molar-refractivity contribution in [2.45, 2.75) is 38.1 Å². The van der Waals surface area contributed by atoms with Crippen LogP contribution in [0, 0.1) is 0 Å². The van der Waals surface area contributed by atoms with Gasteiger partial charge in [0.25, 0.3) is 0 Å². The maximum absolute atomic E-state index is 13.4. The second-order valence-electron chi connectivity index (χ2n) is 8.29. The first-order valence-corrected chi connectivity index (χ1v) is 11.0. The van der Waals surface area contributed by atoms with Gasteiger partial charge in [-0.15, -0.1) is 0 Å². The number of rotatable bonds is 5. The van der Waals surface area contributed by atoms with E-state index in [-0.39, 0.29) is 5.56 Å². The van der Waals surface area contributed by atoms with Gasteiger partial charge in [-0.25, -0.2) is 0 Å². The molecule has 1 aliphatic rings. The number of alkyl halides is 3. The third-order valence-corrected chi connectivity index (χ3v) is 6.10.